The number of nitrogens with zero attached hydrogens (tertiary/aromatic N) is 2. The fourth-order valence-corrected chi connectivity index (χ4v) is 2.64. The monoisotopic (exact) mass is 233 g/mol. The molecule has 3 nitrogen and oxygen atoms in total. The Hall–Kier alpha value is -1.09. The van der Waals surface area contributed by atoms with E-state index in [4.69, 9.17) is 5.73 Å². The first-order chi connectivity index (χ1) is 8.20. The fourth-order valence-electron chi connectivity index (χ4n) is 2.64. The normalized spacial score (nSPS) is 21.8. The van der Waals surface area contributed by atoms with Crippen LogP contribution in [-0.2, 0) is 6.42 Å². The van der Waals surface area contributed by atoms with E-state index in [1.807, 2.05) is 13.1 Å². The van der Waals surface area contributed by atoms with Crippen LogP contribution < -0.4 is 10.6 Å². The molecule has 1 aliphatic heterocycles. The summed E-state index contributed by atoms with van der Waals surface area (Å²) in [6.45, 7) is 5.44. The maximum Gasteiger partial charge on any atom is 0.128 e. The van der Waals surface area contributed by atoms with Crippen LogP contribution >= 0.6 is 0 Å². The van der Waals surface area contributed by atoms with E-state index in [0.29, 0.717) is 6.04 Å². The van der Waals surface area contributed by atoms with Crippen molar-refractivity contribution in [1.82, 2.24) is 4.98 Å². The van der Waals surface area contributed by atoms with Crippen LogP contribution in [-0.4, -0.2) is 23.6 Å². The van der Waals surface area contributed by atoms with Crippen LogP contribution in [0.25, 0.3) is 0 Å². The van der Waals surface area contributed by atoms with E-state index in [2.05, 4.69) is 28.9 Å². The minimum absolute atomic E-state index is 0.206. The first-order valence-electron chi connectivity index (χ1n) is 6.68. The van der Waals surface area contributed by atoms with Crippen LogP contribution in [0.4, 0.5) is 5.82 Å². The average molecular weight is 233 g/mol. The summed E-state index contributed by atoms with van der Waals surface area (Å²) in [5.41, 5.74) is 7.02. The van der Waals surface area contributed by atoms with Gasteiger partial charge in [0.25, 0.3) is 0 Å². The van der Waals surface area contributed by atoms with Crippen LogP contribution in [0.15, 0.2) is 18.3 Å². The average Bonchev–Trinajstić information content (AvgIpc) is 2.77. The summed E-state index contributed by atoms with van der Waals surface area (Å²) in [6, 6.07) is 5.20. The number of hydrogen-bond acceptors (Lipinski definition) is 3. The molecule has 1 aliphatic rings. The molecule has 0 saturated carbocycles. The third kappa shape index (κ3) is 2.97. The van der Waals surface area contributed by atoms with E-state index in [0.717, 1.165) is 18.8 Å². The molecular weight excluding hydrogens is 210 g/mol. The zero-order valence-electron chi connectivity index (χ0n) is 10.9. The molecule has 2 rings (SSSR count). The van der Waals surface area contributed by atoms with Gasteiger partial charge in [-0.05, 0) is 44.2 Å². The van der Waals surface area contributed by atoms with Crippen molar-refractivity contribution in [3.8, 4) is 0 Å². The van der Waals surface area contributed by atoms with Gasteiger partial charge >= 0.3 is 0 Å². The molecule has 94 valence electrons. The lowest BCUT2D eigenvalue weighted by molar-refractivity contribution is 0.640. The molecule has 1 fully saturated rings. The molecule has 2 heterocycles. The molecule has 17 heavy (non-hydrogen) atoms. The highest BCUT2D eigenvalue weighted by Gasteiger charge is 2.23. The number of aromatic nitrogens is 1. The van der Waals surface area contributed by atoms with Gasteiger partial charge in [0.1, 0.15) is 5.82 Å². The number of anilines is 1. The smallest absolute Gasteiger partial charge is 0.128 e. The Bertz CT molecular complexity index is 345. The van der Waals surface area contributed by atoms with Crippen LogP contribution in [0.3, 0.4) is 0 Å². The standard InChI is InChI=1S/C14H23N3/c1-3-13-5-4-8-17(13)14-7-6-12(10-16-14)9-11(2)15/h6-7,10-11,13H,3-5,8-9,15H2,1-2H3. The third-order valence-corrected chi connectivity index (χ3v) is 3.51. The predicted octanol–water partition coefficient (Wildman–Crippen LogP) is 2.35. The Kier molecular flexibility index (Phi) is 4.00. The fraction of sp³-hybridized carbons (Fsp3) is 0.643. The van der Waals surface area contributed by atoms with Crippen molar-refractivity contribution in [2.45, 2.75) is 51.6 Å². The van der Waals surface area contributed by atoms with Crippen molar-refractivity contribution < 1.29 is 0 Å². The van der Waals surface area contributed by atoms with Gasteiger partial charge < -0.3 is 10.6 Å². The minimum Gasteiger partial charge on any atom is -0.354 e. The maximum atomic E-state index is 5.79. The second-order valence-electron chi connectivity index (χ2n) is 5.10. The lowest BCUT2D eigenvalue weighted by atomic mass is 10.1. The van der Waals surface area contributed by atoms with Gasteiger partial charge in [0.05, 0.1) is 0 Å². The van der Waals surface area contributed by atoms with E-state index in [1.54, 1.807) is 0 Å². The lowest BCUT2D eigenvalue weighted by Crippen LogP contribution is -2.29. The number of hydrogen-bond donors (Lipinski definition) is 1. The third-order valence-electron chi connectivity index (χ3n) is 3.51. The molecule has 0 spiro atoms. The summed E-state index contributed by atoms with van der Waals surface area (Å²) in [5.74, 6) is 1.13. The molecule has 0 aromatic carbocycles. The SMILES string of the molecule is CCC1CCCN1c1ccc(CC(C)N)cn1. The Labute approximate surface area is 104 Å². The second-order valence-corrected chi connectivity index (χ2v) is 5.10. The molecule has 0 aliphatic carbocycles. The zero-order valence-corrected chi connectivity index (χ0v) is 10.9. The van der Waals surface area contributed by atoms with Gasteiger partial charge in [-0.15, -0.1) is 0 Å². The van der Waals surface area contributed by atoms with E-state index >= 15 is 0 Å². The van der Waals surface area contributed by atoms with E-state index < -0.39 is 0 Å². The van der Waals surface area contributed by atoms with Crippen molar-refractivity contribution in [1.29, 1.82) is 0 Å². The van der Waals surface area contributed by atoms with Crippen LogP contribution in [0.1, 0.15) is 38.7 Å². The Morgan fingerprint density at radius 1 is 1.53 bits per heavy atom. The topological polar surface area (TPSA) is 42.1 Å². The maximum absolute atomic E-state index is 5.79. The highest BCUT2D eigenvalue weighted by molar-refractivity contribution is 5.41. The molecule has 2 N–H and O–H groups in total. The minimum atomic E-state index is 0.206. The van der Waals surface area contributed by atoms with Gasteiger partial charge in [-0.2, -0.15) is 0 Å². The van der Waals surface area contributed by atoms with Gasteiger partial charge in [-0.25, -0.2) is 4.98 Å². The van der Waals surface area contributed by atoms with Crippen molar-refractivity contribution in [3.05, 3.63) is 23.9 Å². The molecule has 1 saturated heterocycles. The van der Waals surface area contributed by atoms with Gasteiger partial charge in [0.15, 0.2) is 0 Å². The summed E-state index contributed by atoms with van der Waals surface area (Å²) in [5, 5.41) is 0. The van der Waals surface area contributed by atoms with Crippen LogP contribution in [0, 0.1) is 0 Å². The molecule has 1 aromatic rings. The van der Waals surface area contributed by atoms with Gasteiger partial charge in [-0.3, -0.25) is 0 Å². The van der Waals surface area contributed by atoms with Crippen molar-refractivity contribution in [3.63, 3.8) is 0 Å². The van der Waals surface area contributed by atoms with Crippen molar-refractivity contribution >= 4 is 5.82 Å². The van der Waals surface area contributed by atoms with Crippen LogP contribution in [0.5, 0.6) is 0 Å². The number of pyridine rings is 1. The Morgan fingerprint density at radius 2 is 2.35 bits per heavy atom. The summed E-state index contributed by atoms with van der Waals surface area (Å²) >= 11 is 0. The van der Waals surface area contributed by atoms with Gasteiger partial charge in [-0.1, -0.05) is 13.0 Å². The number of rotatable bonds is 4. The van der Waals surface area contributed by atoms with Gasteiger partial charge in [0.2, 0.25) is 0 Å². The summed E-state index contributed by atoms with van der Waals surface area (Å²) in [7, 11) is 0. The van der Waals surface area contributed by atoms with E-state index in [9.17, 15) is 0 Å². The van der Waals surface area contributed by atoms with Crippen LogP contribution in [0.2, 0.25) is 0 Å². The summed E-state index contributed by atoms with van der Waals surface area (Å²) < 4.78 is 0. The molecular formula is C14H23N3. The first kappa shape index (κ1) is 12.4. The zero-order chi connectivity index (χ0) is 12.3. The summed E-state index contributed by atoms with van der Waals surface area (Å²) in [4.78, 5) is 7.02. The quantitative estimate of drug-likeness (QED) is 0.868. The molecule has 2 atom stereocenters. The highest BCUT2D eigenvalue weighted by Crippen LogP contribution is 2.25. The molecule has 1 aromatic heterocycles. The van der Waals surface area contributed by atoms with E-state index in [1.165, 1.54) is 24.8 Å². The summed E-state index contributed by atoms with van der Waals surface area (Å²) in [6.07, 6.45) is 6.69. The second kappa shape index (κ2) is 5.50. The largest absolute Gasteiger partial charge is 0.354 e. The molecule has 2 unspecified atom stereocenters. The molecule has 0 bridgehead atoms. The molecule has 0 radical (unpaired) electrons. The Balaban J connectivity index is 2.07. The van der Waals surface area contributed by atoms with E-state index in [-0.39, 0.29) is 6.04 Å². The first-order valence-corrected chi connectivity index (χ1v) is 6.68. The Morgan fingerprint density at radius 3 is 2.94 bits per heavy atom. The molecule has 0 amide bonds. The van der Waals surface area contributed by atoms with Crippen molar-refractivity contribution in [2.75, 3.05) is 11.4 Å². The van der Waals surface area contributed by atoms with Crippen molar-refractivity contribution in [2.24, 2.45) is 5.73 Å². The lowest BCUT2D eigenvalue weighted by Gasteiger charge is -2.24. The highest BCUT2D eigenvalue weighted by atomic mass is 15.2. The molecule has 3 heteroatoms. The predicted molar refractivity (Wildman–Crippen MR) is 72.2 cm³/mol. The number of nitrogens with two attached hydrogens (primary N) is 1. The van der Waals surface area contributed by atoms with Gasteiger partial charge in [0, 0.05) is 24.8 Å².